The summed E-state index contributed by atoms with van der Waals surface area (Å²) < 4.78 is 0. The average molecular weight is 276 g/mol. The van der Waals surface area contributed by atoms with Gasteiger partial charge in [0.2, 0.25) is 0 Å². The van der Waals surface area contributed by atoms with Gasteiger partial charge in [-0.3, -0.25) is 0 Å². The molecule has 0 fully saturated rings. The Bertz CT molecular complexity index is 403. The van der Waals surface area contributed by atoms with Crippen molar-refractivity contribution < 1.29 is 0 Å². The molecule has 0 aliphatic heterocycles. The van der Waals surface area contributed by atoms with Crippen molar-refractivity contribution >= 4 is 11.8 Å². The molecule has 2 nitrogen and oxygen atoms in total. The van der Waals surface area contributed by atoms with Crippen molar-refractivity contribution in [3.8, 4) is 6.07 Å². The van der Waals surface area contributed by atoms with Crippen molar-refractivity contribution in [1.82, 2.24) is 5.32 Å². The van der Waals surface area contributed by atoms with Crippen LogP contribution in [0.2, 0.25) is 0 Å². The van der Waals surface area contributed by atoms with Gasteiger partial charge in [-0.25, -0.2) is 0 Å². The Labute approximate surface area is 121 Å². The molecule has 1 N–H and O–H groups in total. The SMILES string of the molecule is CCCNC(C#N)CCSCc1cc(C)cc(C)c1. The summed E-state index contributed by atoms with van der Waals surface area (Å²) in [6, 6.07) is 9.03. The molecule has 1 rings (SSSR count). The van der Waals surface area contributed by atoms with Gasteiger partial charge in [0, 0.05) is 5.75 Å². The highest BCUT2D eigenvalue weighted by Gasteiger charge is 2.05. The van der Waals surface area contributed by atoms with E-state index in [1.54, 1.807) is 0 Å². The summed E-state index contributed by atoms with van der Waals surface area (Å²) in [4.78, 5) is 0. The monoisotopic (exact) mass is 276 g/mol. The second-order valence-corrected chi connectivity index (χ2v) is 6.08. The Morgan fingerprint density at radius 2 is 1.95 bits per heavy atom. The van der Waals surface area contributed by atoms with Crippen LogP contribution in [0.1, 0.15) is 36.5 Å². The van der Waals surface area contributed by atoms with Gasteiger partial charge in [0.25, 0.3) is 0 Å². The van der Waals surface area contributed by atoms with E-state index >= 15 is 0 Å². The fraction of sp³-hybridized carbons (Fsp3) is 0.562. The molecule has 104 valence electrons. The standard InChI is InChI=1S/C16H24N2S/c1-4-6-18-16(11-17)5-7-19-12-15-9-13(2)8-14(3)10-15/h8-10,16,18H,4-7,12H2,1-3H3. The maximum atomic E-state index is 9.02. The largest absolute Gasteiger partial charge is 0.302 e. The molecule has 0 saturated carbocycles. The van der Waals surface area contributed by atoms with Crippen LogP contribution in [0, 0.1) is 25.2 Å². The fourth-order valence-electron chi connectivity index (χ4n) is 2.07. The van der Waals surface area contributed by atoms with E-state index in [0.29, 0.717) is 0 Å². The normalized spacial score (nSPS) is 12.1. The average Bonchev–Trinajstić information content (AvgIpc) is 2.37. The topological polar surface area (TPSA) is 35.8 Å². The molecule has 1 atom stereocenters. The van der Waals surface area contributed by atoms with E-state index in [1.165, 1.54) is 16.7 Å². The first kappa shape index (κ1) is 16.1. The van der Waals surface area contributed by atoms with Crippen LogP contribution in [0.25, 0.3) is 0 Å². The van der Waals surface area contributed by atoms with E-state index in [9.17, 15) is 0 Å². The molecule has 0 saturated heterocycles. The Morgan fingerprint density at radius 1 is 1.26 bits per heavy atom. The van der Waals surface area contributed by atoms with Crippen LogP contribution in [0.5, 0.6) is 0 Å². The number of thioether (sulfide) groups is 1. The lowest BCUT2D eigenvalue weighted by molar-refractivity contribution is 0.585. The molecule has 0 amide bonds. The second kappa shape index (κ2) is 9.01. The van der Waals surface area contributed by atoms with Crippen molar-refractivity contribution in [1.29, 1.82) is 5.26 Å². The van der Waals surface area contributed by atoms with Gasteiger partial charge in [-0.15, -0.1) is 0 Å². The second-order valence-electron chi connectivity index (χ2n) is 4.97. The van der Waals surface area contributed by atoms with Crippen molar-refractivity contribution in [3.63, 3.8) is 0 Å². The fourth-order valence-corrected chi connectivity index (χ4v) is 3.02. The summed E-state index contributed by atoms with van der Waals surface area (Å²) in [7, 11) is 0. The molecular weight excluding hydrogens is 252 g/mol. The van der Waals surface area contributed by atoms with Gasteiger partial charge >= 0.3 is 0 Å². The molecule has 0 heterocycles. The number of nitriles is 1. The molecule has 0 spiro atoms. The van der Waals surface area contributed by atoms with E-state index in [1.807, 2.05) is 11.8 Å². The summed E-state index contributed by atoms with van der Waals surface area (Å²) in [6.07, 6.45) is 2.00. The molecular formula is C16H24N2S. The summed E-state index contributed by atoms with van der Waals surface area (Å²) >= 11 is 1.91. The molecule has 1 aromatic carbocycles. The van der Waals surface area contributed by atoms with Gasteiger partial charge in [-0.1, -0.05) is 36.2 Å². The molecule has 19 heavy (non-hydrogen) atoms. The third-order valence-electron chi connectivity index (χ3n) is 2.90. The molecule has 0 aliphatic rings. The van der Waals surface area contributed by atoms with E-state index < -0.39 is 0 Å². The Hall–Kier alpha value is -0.980. The first-order chi connectivity index (χ1) is 9.15. The third-order valence-corrected chi connectivity index (χ3v) is 3.96. The predicted octanol–water partition coefficient (Wildman–Crippen LogP) is 3.82. The molecule has 0 aromatic heterocycles. The highest BCUT2D eigenvalue weighted by Crippen LogP contribution is 2.17. The number of aryl methyl sites for hydroxylation is 2. The quantitative estimate of drug-likeness (QED) is 0.733. The van der Waals surface area contributed by atoms with Crippen molar-refractivity contribution in [2.75, 3.05) is 12.3 Å². The van der Waals surface area contributed by atoms with Crippen molar-refractivity contribution in [3.05, 3.63) is 34.9 Å². The van der Waals surface area contributed by atoms with Gasteiger partial charge in [0.15, 0.2) is 0 Å². The first-order valence-electron chi connectivity index (χ1n) is 6.93. The number of nitrogens with one attached hydrogen (secondary N) is 1. The molecule has 3 heteroatoms. The summed E-state index contributed by atoms with van der Waals surface area (Å²) in [6.45, 7) is 7.33. The minimum Gasteiger partial charge on any atom is -0.302 e. The van der Waals surface area contributed by atoms with Crippen LogP contribution in [0.15, 0.2) is 18.2 Å². The number of nitrogens with zero attached hydrogens (tertiary/aromatic N) is 1. The highest BCUT2D eigenvalue weighted by atomic mass is 32.2. The first-order valence-corrected chi connectivity index (χ1v) is 8.09. The lowest BCUT2D eigenvalue weighted by atomic mass is 10.1. The van der Waals surface area contributed by atoms with Crippen LogP contribution >= 0.6 is 11.8 Å². The van der Waals surface area contributed by atoms with Crippen LogP contribution in [0.3, 0.4) is 0 Å². The highest BCUT2D eigenvalue weighted by molar-refractivity contribution is 7.98. The van der Waals surface area contributed by atoms with Crippen LogP contribution in [-0.4, -0.2) is 18.3 Å². The number of hydrogen-bond acceptors (Lipinski definition) is 3. The number of rotatable bonds is 8. The maximum absolute atomic E-state index is 9.02. The summed E-state index contributed by atoms with van der Waals surface area (Å²) in [5, 5.41) is 12.3. The van der Waals surface area contributed by atoms with Crippen molar-refractivity contribution in [2.24, 2.45) is 0 Å². The number of benzene rings is 1. The van der Waals surface area contributed by atoms with Crippen LogP contribution in [-0.2, 0) is 5.75 Å². The van der Waals surface area contributed by atoms with Gasteiger partial charge in [-0.2, -0.15) is 17.0 Å². The smallest absolute Gasteiger partial charge is 0.0960 e. The Balaban J connectivity index is 2.28. The summed E-state index contributed by atoms with van der Waals surface area (Å²) in [5.74, 6) is 2.07. The van der Waals surface area contributed by atoms with E-state index in [4.69, 9.17) is 5.26 Å². The number of hydrogen-bond donors (Lipinski definition) is 1. The molecule has 1 aromatic rings. The third kappa shape index (κ3) is 6.66. The summed E-state index contributed by atoms with van der Waals surface area (Å²) in [5.41, 5.74) is 4.04. The van der Waals surface area contributed by atoms with Crippen LogP contribution < -0.4 is 5.32 Å². The van der Waals surface area contributed by atoms with Gasteiger partial charge in [-0.05, 0) is 44.6 Å². The Morgan fingerprint density at radius 3 is 2.53 bits per heavy atom. The molecule has 0 aliphatic carbocycles. The molecule has 0 bridgehead atoms. The van der Waals surface area contributed by atoms with E-state index in [-0.39, 0.29) is 6.04 Å². The zero-order valence-electron chi connectivity index (χ0n) is 12.2. The van der Waals surface area contributed by atoms with Gasteiger partial charge < -0.3 is 5.32 Å². The minimum absolute atomic E-state index is 0.00620. The van der Waals surface area contributed by atoms with E-state index in [0.717, 1.165) is 30.9 Å². The minimum atomic E-state index is 0.00620. The van der Waals surface area contributed by atoms with E-state index in [2.05, 4.69) is 50.4 Å². The lowest BCUT2D eigenvalue weighted by Crippen LogP contribution is -2.28. The zero-order valence-corrected chi connectivity index (χ0v) is 13.0. The maximum Gasteiger partial charge on any atom is 0.0960 e. The molecule has 0 radical (unpaired) electrons. The lowest BCUT2D eigenvalue weighted by Gasteiger charge is -2.10. The van der Waals surface area contributed by atoms with Crippen LogP contribution in [0.4, 0.5) is 0 Å². The Kier molecular flexibility index (Phi) is 7.62. The van der Waals surface area contributed by atoms with Gasteiger partial charge in [0.05, 0.1) is 12.1 Å². The molecule has 1 unspecified atom stereocenters. The zero-order chi connectivity index (χ0) is 14.1. The predicted molar refractivity (Wildman–Crippen MR) is 84.4 cm³/mol. The van der Waals surface area contributed by atoms with Gasteiger partial charge in [0.1, 0.15) is 0 Å². The van der Waals surface area contributed by atoms with Crippen molar-refractivity contribution in [2.45, 2.75) is 45.4 Å².